The van der Waals surface area contributed by atoms with Crippen LogP contribution in [0.3, 0.4) is 0 Å². The first kappa shape index (κ1) is 23.5. The normalized spacial score (nSPS) is 13.0. The molecule has 0 saturated heterocycles. The maximum absolute atomic E-state index is 12.5. The van der Waals surface area contributed by atoms with Gasteiger partial charge in [-0.2, -0.15) is 35.3 Å². The number of halogens is 5. The van der Waals surface area contributed by atoms with Gasteiger partial charge in [0, 0.05) is 0 Å². The molecular weight excluding hydrogens is 377 g/mol. The Labute approximate surface area is 167 Å². The zero-order valence-electron chi connectivity index (χ0n) is 12.0. The molecule has 0 spiro atoms. The summed E-state index contributed by atoms with van der Waals surface area (Å²) in [5, 5.41) is 0. The molecule has 1 unspecified atom stereocenters. The van der Waals surface area contributed by atoms with E-state index in [1.807, 2.05) is 0 Å². The van der Waals surface area contributed by atoms with E-state index in [4.69, 9.17) is 0 Å². The molecule has 0 amide bonds. The number of hydrogen-bond donors (Lipinski definition) is 0. The Morgan fingerprint density at radius 1 is 1.19 bits per heavy atom. The minimum absolute atomic E-state index is 0. The SMILES string of the molecule is CC[C-](C)C(=O)OC(C)C(=O)OCC(F)(F)C(F)(F)F.[Rb+]. The maximum atomic E-state index is 12.5. The van der Waals surface area contributed by atoms with Gasteiger partial charge in [0.1, 0.15) is 0 Å². The van der Waals surface area contributed by atoms with E-state index in [0.29, 0.717) is 6.42 Å². The Hall–Kier alpha value is 0.265. The van der Waals surface area contributed by atoms with E-state index in [9.17, 15) is 31.5 Å². The summed E-state index contributed by atoms with van der Waals surface area (Å²) in [5.41, 5.74) is 0. The van der Waals surface area contributed by atoms with E-state index in [1.165, 1.54) is 6.92 Å². The van der Waals surface area contributed by atoms with Gasteiger partial charge in [-0.1, -0.05) is 6.92 Å². The quantitative estimate of drug-likeness (QED) is 0.354. The molecule has 10 heteroatoms. The second-order valence-corrected chi connectivity index (χ2v) is 3.99. The second-order valence-electron chi connectivity index (χ2n) is 3.99. The van der Waals surface area contributed by atoms with Crippen molar-refractivity contribution in [2.24, 2.45) is 0 Å². The number of carbonyl (C=O) groups is 2. The molecule has 0 saturated carbocycles. The largest absolute Gasteiger partial charge is 1.00 e. The van der Waals surface area contributed by atoms with Crippen LogP contribution in [0.5, 0.6) is 0 Å². The van der Waals surface area contributed by atoms with Crippen LogP contribution in [0, 0.1) is 5.92 Å². The molecule has 0 fully saturated rings. The van der Waals surface area contributed by atoms with E-state index in [-0.39, 0.29) is 64.1 Å². The van der Waals surface area contributed by atoms with Crippen molar-refractivity contribution in [1.82, 2.24) is 0 Å². The van der Waals surface area contributed by atoms with Crippen LogP contribution < -0.4 is 58.2 Å². The minimum atomic E-state index is -5.82. The first-order valence-electron chi connectivity index (χ1n) is 5.57. The molecule has 0 bridgehead atoms. The van der Waals surface area contributed by atoms with Gasteiger partial charge in [-0.05, 0) is 6.92 Å². The summed E-state index contributed by atoms with van der Waals surface area (Å²) in [6, 6.07) is 0. The second kappa shape index (κ2) is 9.41. The maximum Gasteiger partial charge on any atom is 1.00 e. The number of esters is 2. The molecule has 0 aliphatic rings. The molecule has 0 radical (unpaired) electrons. The Bertz CT molecular complexity index is 359. The summed E-state index contributed by atoms with van der Waals surface area (Å²) >= 11 is 0. The van der Waals surface area contributed by atoms with Crippen molar-refractivity contribution >= 4 is 11.9 Å². The van der Waals surface area contributed by atoms with Crippen molar-refractivity contribution in [2.45, 2.75) is 45.4 Å². The van der Waals surface area contributed by atoms with Gasteiger partial charge in [0.05, 0.1) is 0 Å². The van der Waals surface area contributed by atoms with Crippen LogP contribution in [0.4, 0.5) is 22.0 Å². The topological polar surface area (TPSA) is 52.6 Å². The summed E-state index contributed by atoms with van der Waals surface area (Å²) in [7, 11) is 0. The predicted molar refractivity (Wildman–Crippen MR) is 56.7 cm³/mol. The molecule has 0 aliphatic carbocycles. The third-order valence-corrected chi connectivity index (χ3v) is 2.30. The van der Waals surface area contributed by atoms with Gasteiger partial charge in [0.15, 0.2) is 18.7 Å². The number of ether oxygens (including phenoxy) is 2. The average molecular weight is 391 g/mol. The Kier molecular flexibility index (Phi) is 10.5. The smallest absolute Gasteiger partial charge is 0.473 e. The van der Waals surface area contributed by atoms with Crippen molar-refractivity contribution in [3.05, 3.63) is 5.92 Å². The number of hydrogen-bond acceptors (Lipinski definition) is 4. The van der Waals surface area contributed by atoms with Crippen LogP contribution in [-0.4, -0.2) is 36.7 Å². The van der Waals surface area contributed by atoms with Crippen LogP contribution in [0.15, 0.2) is 0 Å². The summed E-state index contributed by atoms with van der Waals surface area (Å²) in [6.07, 6.45) is -7.06. The number of carbonyl (C=O) groups excluding carboxylic acids is 2. The first-order valence-corrected chi connectivity index (χ1v) is 5.57. The van der Waals surface area contributed by atoms with Crippen LogP contribution in [0.25, 0.3) is 0 Å². The van der Waals surface area contributed by atoms with Crippen molar-refractivity contribution < 1.29 is 99.2 Å². The molecule has 4 nitrogen and oxygen atoms in total. The molecular formula is C11H14F5O4Rb. The van der Waals surface area contributed by atoms with Gasteiger partial charge in [0.2, 0.25) is 0 Å². The molecule has 21 heavy (non-hydrogen) atoms. The van der Waals surface area contributed by atoms with Gasteiger partial charge in [-0.15, -0.1) is 0 Å². The van der Waals surface area contributed by atoms with E-state index in [1.54, 1.807) is 6.92 Å². The zero-order valence-corrected chi connectivity index (χ0v) is 16.9. The van der Waals surface area contributed by atoms with Crippen molar-refractivity contribution in [3.63, 3.8) is 0 Å². The molecule has 0 aromatic carbocycles. The number of alkyl halides is 5. The van der Waals surface area contributed by atoms with Gasteiger partial charge in [-0.3, -0.25) is 10.7 Å². The Morgan fingerprint density at radius 3 is 2.05 bits per heavy atom. The summed E-state index contributed by atoms with van der Waals surface area (Å²) in [6.45, 7) is 1.92. The number of rotatable bonds is 6. The van der Waals surface area contributed by atoms with Crippen LogP contribution in [-0.2, 0) is 19.1 Å². The Morgan fingerprint density at radius 2 is 1.67 bits per heavy atom. The molecule has 118 valence electrons. The van der Waals surface area contributed by atoms with E-state index in [2.05, 4.69) is 9.47 Å². The molecule has 0 N–H and O–H groups in total. The average Bonchev–Trinajstić information content (AvgIpc) is 2.33. The fourth-order valence-electron chi connectivity index (χ4n) is 0.815. The van der Waals surface area contributed by atoms with Gasteiger partial charge in [-0.25, -0.2) is 4.79 Å². The predicted octanol–water partition coefficient (Wildman–Crippen LogP) is -0.333. The fourth-order valence-corrected chi connectivity index (χ4v) is 0.815. The third kappa shape index (κ3) is 7.89. The standard InChI is InChI=1S/C11H14F5O4.Rb/c1-4-6(2)8(17)20-7(3)9(18)19-5-10(12,13)11(14,15)16;/h7H,4-5H2,1-3H3;/q-1;+1. The van der Waals surface area contributed by atoms with E-state index >= 15 is 0 Å². The van der Waals surface area contributed by atoms with Crippen LogP contribution >= 0.6 is 0 Å². The Balaban J connectivity index is 0. The van der Waals surface area contributed by atoms with Crippen molar-refractivity contribution in [2.75, 3.05) is 6.61 Å². The van der Waals surface area contributed by atoms with Crippen LogP contribution in [0.2, 0.25) is 0 Å². The summed E-state index contributed by atoms with van der Waals surface area (Å²) in [4.78, 5) is 22.4. The van der Waals surface area contributed by atoms with E-state index < -0.39 is 36.7 Å². The van der Waals surface area contributed by atoms with Crippen molar-refractivity contribution in [3.8, 4) is 0 Å². The third-order valence-electron chi connectivity index (χ3n) is 2.30. The molecule has 1 atom stereocenters. The monoisotopic (exact) mass is 390 g/mol. The van der Waals surface area contributed by atoms with Gasteiger partial charge < -0.3 is 9.47 Å². The summed E-state index contributed by atoms with van der Waals surface area (Å²) in [5.74, 6) is -7.21. The molecule has 0 aliphatic heterocycles. The first-order chi connectivity index (χ1) is 8.92. The zero-order chi connectivity index (χ0) is 16.1. The van der Waals surface area contributed by atoms with Gasteiger partial charge in [0.25, 0.3) is 0 Å². The molecule has 0 rings (SSSR count). The summed E-state index contributed by atoms with van der Waals surface area (Å²) < 4.78 is 68.8. The molecule has 0 aromatic heterocycles. The fraction of sp³-hybridized carbons (Fsp3) is 0.727. The van der Waals surface area contributed by atoms with Crippen molar-refractivity contribution in [1.29, 1.82) is 0 Å². The minimum Gasteiger partial charge on any atom is -0.473 e. The molecule has 0 aromatic rings. The van der Waals surface area contributed by atoms with Gasteiger partial charge >= 0.3 is 76.3 Å². The molecule has 0 heterocycles. The van der Waals surface area contributed by atoms with Crippen LogP contribution in [0.1, 0.15) is 27.2 Å². The van der Waals surface area contributed by atoms with E-state index in [0.717, 1.165) is 6.92 Å².